The van der Waals surface area contributed by atoms with Crippen LogP contribution in [0.25, 0.3) is 0 Å². The van der Waals surface area contributed by atoms with Gasteiger partial charge < -0.3 is 20.6 Å². The zero-order chi connectivity index (χ0) is 18.2. The molecule has 0 spiro atoms. The van der Waals surface area contributed by atoms with Gasteiger partial charge in [0.2, 0.25) is 5.91 Å². The van der Waals surface area contributed by atoms with Crippen LogP contribution < -0.4 is 10.6 Å². The van der Waals surface area contributed by atoms with Gasteiger partial charge in [0, 0.05) is 38.5 Å². The first kappa shape index (κ1) is 20.0. The summed E-state index contributed by atoms with van der Waals surface area (Å²) in [5, 5.41) is 13.6. The van der Waals surface area contributed by atoms with Gasteiger partial charge in [-0.3, -0.25) is 9.59 Å². The van der Waals surface area contributed by atoms with E-state index in [1.807, 2.05) is 0 Å². The van der Waals surface area contributed by atoms with Crippen molar-refractivity contribution >= 4 is 17.9 Å². The van der Waals surface area contributed by atoms with E-state index in [2.05, 4.69) is 10.6 Å². The molecule has 0 unspecified atom stereocenters. The highest BCUT2D eigenvalue weighted by molar-refractivity contribution is 5.77. The molecule has 3 N–H and O–H groups in total. The molecule has 0 bridgehead atoms. The highest BCUT2D eigenvalue weighted by Gasteiger charge is 2.31. The third-order valence-electron chi connectivity index (χ3n) is 3.58. The van der Waals surface area contributed by atoms with Crippen molar-refractivity contribution in [3.8, 4) is 0 Å². The maximum Gasteiger partial charge on any atom is 0.389 e. The second-order valence-corrected chi connectivity index (χ2v) is 5.69. The second kappa shape index (κ2) is 9.33. The van der Waals surface area contributed by atoms with E-state index in [9.17, 15) is 27.6 Å². The van der Waals surface area contributed by atoms with Crippen molar-refractivity contribution in [1.29, 1.82) is 0 Å². The number of hydrogen-bond acceptors (Lipinski definition) is 3. The number of carboxylic acids is 1. The molecular weight excluding hydrogens is 331 g/mol. The molecule has 1 aliphatic rings. The van der Waals surface area contributed by atoms with Crippen LogP contribution >= 0.6 is 0 Å². The van der Waals surface area contributed by atoms with Gasteiger partial charge in [0.25, 0.3) is 0 Å². The molecule has 0 aromatic rings. The van der Waals surface area contributed by atoms with Gasteiger partial charge in [-0.05, 0) is 19.3 Å². The topological polar surface area (TPSA) is 98.7 Å². The zero-order valence-corrected chi connectivity index (χ0v) is 13.2. The van der Waals surface area contributed by atoms with E-state index in [0.717, 1.165) is 0 Å². The fourth-order valence-electron chi connectivity index (χ4n) is 2.41. The lowest BCUT2D eigenvalue weighted by Gasteiger charge is -2.33. The number of aliphatic carboxylic acids is 1. The largest absolute Gasteiger partial charge is 0.481 e. The smallest absolute Gasteiger partial charge is 0.389 e. The van der Waals surface area contributed by atoms with Crippen molar-refractivity contribution in [2.24, 2.45) is 0 Å². The van der Waals surface area contributed by atoms with E-state index in [1.165, 1.54) is 4.90 Å². The summed E-state index contributed by atoms with van der Waals surface area (Å²) in [6, 6.07) is -0.803. The number of alkyl halides is 3. The highest BCUT2D eigenvalue weighted by atomic mass is 19.4. The first-order chi connectivity index (χ1) is 11.2. The zero-order valence-electron chi connectivity index (χ0n) is 13.2. The van der Waals surface area contributed by atoms with Gasteiger partial charge in [-0.1, -0.05) is 0 Å². The van der Waals surface area contributed by atoms with Gasteiger partial charge in [-0.2, -0.15) is 13.2 Å². The Morgan fingerprint density at radius 1 is 1.21 bits per heavy atom. The van der Waals surface area contributed by atoms with Gasteiger partial charge in [0.1, 0.15) is 0 Å². The fourth-order valence-corrected chi connectivity index (χ4v) is 2.41. The van der Waals surface area contributed by atoms with Crippen LogP contribution in [0.3, 0.4) is 0 Å². The van der Waals surface area contributed by atoms with Crippen LogP contribution in [-0.2, 0) is 9.59 Å². The number of rotatable bonds is 7. The van der Waals surface area contributed by atoms with Crippen molar-refractivity contribution in [2.75, 3.05) is 19.6 Å². The van der Waals surface area contributed by atoms with Crippen LogP contribution in [0.4, 0.5) is 18.0 Å². The van der Waals surface area contributed by atoms with Crippen molar-refractivity contribution in [3.63, 3.8) is 0 Å². The Kier molecular flexibility index (Phi) is 7.80. The van der Waals surface area contributed by atoms with E-state index in [-0.39, 0.29) is 25.6 Å². The second-order valence-electron chi connectivity index (χ2n) is 5.69. The predicted octanol–water partition coefficient (Wildman–Crippen LogP) is 1.48. The molecule has 1 rings (SSSR count). The molecule has 1 fully saturated rings. The Morgan fingerprint density at radius 2 is 1.92 bits per heavy atom. The number of nitrogens with one attached hydrogen (secondary N) is 2. The molecule has 10 heteroatoms. The average molecular weight is 353 g/mol. The molecule has 3 amide bonds. The quantitative estimate of drug-likeness (QED) is 0.604. The number of carboxylic acid groups (broad SMARTS) is 1. The number of likely N-dealkylation sites (tertiary alicyclic amines) is 1. The Hall–Kier alpha value is -2.00. The maximum atomic E-state index is 12.2. The number of nitrogens with zero attached hydrogens (tertiary/aromatic N) is 1. The summed E-state index contributed by atoms with van der Waals surface area (Å²) < 4.78 is 36.5. The summed E-state index contributed by atoms with van der Waals surface area (Å²) in [5.41, 5.74) is 0. The third kappa shape index (κ3) is 8.59. The standard InChI is InChI=1S/C14H22F3N3O4/c15-14(16,17)6-5-11(21)20-8-2-3-10(9-20)19-13(24)18-7-1-4-12(22)23/h10H,1-9H2,(H,22,23)(H2,18,19,24)/t10-/m1/s1. The lowest BCUT2D eigenvalue weighted by Crippen LogP contribution is -2.52. The SMILES string of the molecule is O=C(O)CCCNC(=O)N[C@@H]1CCCN(C(=O)CCC(F)(F)F)C1. The number of carbonyl (C=O) groups is 3. The Balaban J connectivity index is 2.30. The highest BCUT2D eigenvalue weighted by Crippen LogP contribution is 2.22. The van der Waals surface area contributed by atoms with Crippen LogP contribution in [-0.4, -0.2) is 59.8 Å². The van der Waals surface area contributed by atoms with Crippen LogP contribution in [0.1, 0.15) is 38.5 Å². The number of carbonyl (C=O) groups excluding carboxylic acids is 2. The Morgan fingerprint density at radius 3 is 2.54 bits per heavy atom. The van der Waals surface area contributed by atoms with Gasteiger partial charge in [-0.15, -0.1) is 0 Å². The van der Waals surface area contributed by atoms with Crippen molar-refractivity contribution < 1.29 is 32.7 Å². The average Bonchev–Trinajstić information content (AvgIpc) is 2.48. The molecule has 24 heavy (non-hydrogen) atoms. The molecule has 0 aromatic carbocycles. The van der Waals surface area contributed by atoms with E-state index in [1.54, 1.807) is 0 Å². The van der Waals surface area contributed by atoms with E-state index >= 15 is 0 Å². The van der Waals surface area contributed by atoms with E-state index in [4.69, 9.17) is 5.11 Å². The van der Waals surface area contributed by atoms with Crippen molar-refractivity contribution in [1.82, 2.24) is 15.5 Å². The molecule has 0 aromatic heterocycles. The molecule has 0 aliphatic carbocycles. The summed E-state index contributed by atoms with van der Waals surface area (Å²) in [6.45, 7) is 0.771. The van der Waals surface area contributed by atoms with Crippen LogP contribution in [0.5, 0.6) is 0 Å². The molecule has 1 atom stereocenters. The summed E-state index contributed by atoms with van der Waals surface area (Å²) >= 11 is 0. The van der Waals surface area contributed by atoms with E-state index in [0.29, 0.717) is 25.8 Å². The van der Waals surface area contributed by atoms with Gasteiger partial charge >= 0.3 is 18.2 Å². The molecule has 7 nitrogen and oxygen atoms in total. The molecule has 0 saturated carbocycles. The molecular formula is C14H22F3N3O4. The van der Waals surface area contributed by atoms with Crippen LogP contribution in [0.15, 0.2) is 0 Å². The van der Waals surface area contributed by atoms with Crippen molar-refractivity contribution in [3.05, 3.63) is 0 Å². The number of amides is 3. The first-order valence-corrected chi connectivity index (χ1v) is 7.78. The minimum Gasteiger partial charge on any atom is -0.481 e. The van der Waals surface area contributed by atoms with Crippen molar-refractivity contribution in [2.45, 2.75) is 50.7 Å². The number of piperidine rings is 1. The summed E-state index contributed by atoms with van der Waals surface area (Å²) in [7, 11) is 0. The lowest BCUT2D eigenvalue weighted by molar-refractivity contribution is -0.149. The molecule has 138 valence electrons. The number of urea groups is 1. The molecule has 1 saturated heterocycles. The number of halogens is 3. The van der Waals surface area contributed by atoms with E-state index < -0.39 is 36.9 Å². The molecule has 1 aliphatic heterocycles. The minimum atomic E-state index is -4.36. The Bertz CT molecular complexity index is 457. The monoisotopic (exact) mass is 353 g/mol. The summed E-state index contributed by atoms with van der Waals surface area (Å²) in [5.74, 6) is -1.52. The molecule has 0 radical (unpaired) electrons. The van der Waals surface area contributed by atoms with Gasteiger partial charge in [-0.25, -0.2) is 4.79 Å². The normalized spacial score (nSPS) is 18.1. The summed E-state index contributed by atoms with van der Waals surface area (Å²) in [4.78, 5) is 35.1. The van der Waals surface area contributed by atoms with Gasteiger partial charge in [0.05, 0.1) is 6.42 Å². The predicted molar refractivity (Wildman–Crippen MR) is 78.3 cm³/mol. The minimum absolute atomic E-state index is 0.0504. The number of hydrogen-bond donors (Lipinski definition) is 3. The fraction of sp³-hybridized carbons (Fsp3) is 0.786. The van der Waals surface area contributed by atoms with Crippen LogP contribution in [0.2, 0.25) is 0 Å². The maximum absolute atomic E-state index is 12.2. The van der Waals surface area contributed by atoms with Gasteiger partial charge in [0.15, 0.2) is 0 Å². The summed E-state index contributed by atoms with van der Waals surface area (Å²) in [6.07, 6.45) is -4.62. The molecule has 1 heterocycles. The van der Waals surface area contributed by atoms with Crippen LogP contribution in [0, 0.1) is 0 Å². The first-order valence-electron chi connectivity index (χ1n) is 7.78. The lowest BCUT2D eigenvalue weighted by atomic mass is 10.1. The Labute approximate surface area is 137 Å². The third-order valence-corrected chi connectivity index (χ3v) is 3.58.